The average Bonchev–Trinajstić information content (AvgIpc) is 2.34. The first-order valence-electron chi connectivity index (χ1n) is 4.79. The fraction of sp³-hybridized carbons (Fsp3) is 0.273. The van der Waals surface area contributed by atoms with Gasteiger partial charge in [0.2, 0.25) is 5.91 Å². The van der Waals surface area contributed by atoms with Crippen molar-refractivity contribution >= 4 is 18.0 Å². The second-order valence-electron chi connectivity index (χ2n) is 3.04. The topological polar surface area (TPSA) is 58.6 Å². The molecule has 0 bridgehead atoms. The van der Waals surface area contributed by atoms with Crippen LogP contribution in [0.3, 0.4) is 0 Å². The van der Waals surface area contributed by atoms with Crippen LogP contribution in [-0.2, 0) is 14.3 Å². The number of ether oxygens (including phenoxy) is 1. The highest BCUT2D eigenvalue weighted by molar-refractivity contribution is 5.85. The highest BCUT2D eigenvalue weighted by atomic mass is 16.5. The van der Waals surface area contributed by atoms with E-state index in [4.69, 9.17) is 4.74 Å². The van der Waals surface area contributed by atoms with Gasteiger partial charge < -0.3 is 4.74 Å². The van der Waals surface area contributed by atoms with Gasteiger partial charge in [-0.25, -0.2) is 5.01 Å². The largest absolute Gasteiger partial charge is 0.384 e. The molecule has 1 radical (unpaired) electrons. The number of carbonyl (C=O) groups excluding carboxylic acids is 2. The summed E-state index contributed by atoms with van der Waals surface area (Å²) in [5.74, 6) is -0.297. The Hall–Kier alpha value is -1.88. The summed E-state index contributed by atoms with van der Waals surface area (Å²) in [6, 6.07) is 8.74. The minimum Gasteiger partial charge on any atom is -0.384 e. The minimum absolute atomic E-state index is 0.196. The Kier molecular flexibility index (Phi) is 5.01. The van der Waals surface area contributed by atoms with Gasteiger partial charge in [-0.3, -0.25) is 15.0 Å². The maximum atomic E-state index is 11.3. The molecule has 0 saturated carbocycles. The summed E-state index contributed by atoms with van der Waals surface area (Å²) in [5.41, 5.74) is 2.97. The standard InChI is InChI=1S/C11H13N2O3/c1-16-8-7-11(15)12-13(9-14)10-5-3-2-4-6-10/h2-6H,7-8H2,1H3,(H,12,15). The van der Waals surface area contributed by atoms with E-state index in [1.54, 1.807) is 30.7 Å². The quantitative estimate of drug-likeness (QED) is 0.566. The van der Waals surface area contributed by atoms with Crippen molar-refractivity contribution in [1.82, 2.24) is 5.43 Å². The lowest BCUT2D eigenvalue weighted by Gasteiger charge is -2.16. The molecule has 0 aliphatic rings. The van der Waals surface area contributed by atoms with Crippen molar-refractivity contribution in [2.24, 2.45) is 0 Å². The van der Waals surface area contributed by atoms with Crippen LogP contribution in [0.5, 0.6) is 0 Å². The average molecular weight is 221 g/mol. The normalized spacial score (nSPS) is 9.56. The lowest BCUT2D eigenvalue weighted by molar-refractivity contribution is -0.121. The smallest absolute Gasteiger partial charge is 0.337 e. The van der Waals surface area contributed by atoms with E-state index in [9.17, 15) is 9.59 Å². The van der Waals surface area contributed by atoms with Crippen LogP contribution in [0.2, 0.25) is 0 Å². The Bertz CT molecular complexity index is 340. The van der Waals surface area contributed by atoms with Crippen LogP contribution in [0.1, 0.15) is 6.42 Å². The first-order valence-corrected chi connectivity index (χ1v) is 4.79. The predicted octanol–water partition coefficient (Wildman–Crippen LogP) is 0.628. The molecule has 0 atom stereocenters. The molecular weight excluding hydrogens is 208 g/mol. The molecule has 0 fully saturated rings. The maximum absolute atomic E-state index is 11.3. The number of anilines is 1. The van der Waals surface area contributed by atoms with Gasteiger partial charge in [0, 0.05) is 7.11 Å². The molecule has 5 nitrogen and oxygen atoms in total. The van der Waals surface area contributed by atoms with E-state index >= 15 is 0 Å². The maximum Gasteiger partial charge on any atom is 0.337 e. The van der Waals surface area contributed by atoms with Gasteiger partial charge in [0.05, 0.1) is 18.7 Å². The van der Waals surface area contributed by atoms with E-state index in [1.165, 1.54) is 7.11 Å². The van der Waals surface area contributed by atoms with Crippen molar-refractivity contribution in [2.45, 2.75) is 6.42 Å². The molecule has 0 spiro atoms. The zero-order chi connectivity index (χ0) is 11.8. The van der Waals surface area contributed by atoms with E-state index < -0.39 is 0 Å². The third-order valence-electron chi connectivity index (χ3n) is 1.88. The van der Waals surface area contributed by atoms with Crippen molar-refractivity contribution in [3.8, 4) is 0 Å². The van der Waals surface area contributed by atoms with E-state index in [0.29, 0.717) is 12.3 Å². The number of nitrogens with zero attached hydrogens (tertiary/aromatic N) is 1. The summed E-state index contributed by atoms with van der Waals surface area (Å²) >= 11 is 0. The number of methoxy groups -OCH3 is 1. The molecule has 1 N–H and O–H groups in total. The number of hydrogen-bond donors (Lipinski definition) is 1. The van der Waals surface area contributed by atoms with E-state index in [0.717, 1.165) is 5.01 Å². The van der Waals surface area contributed by atoms with E-state index in [1.807, 2.05) is 6.07 Å². The van der Waals surface area contributed by atoms with Crippen molar-refractivity contribution < 1.29 is 14.3 Å². The first kappa shape index (κ1) is 12.2. The fourth-order valence-corrected chi connectivity index (χ4v) is 1.09. The molecular formula is C11H13N2O3. The van der Waals surface area contributed by atoms with Gasteiger partial charge >= 0.3 is 6.41 Å². The molecule has 1 aromatic rings. The molecule has 0 aromatic heterocycles. The van der Waals surface area contributed by atoms with Crippen LogP contribution in [0.15, 0.2) is 30.3 Å². The van der Waals surface area contributed by atoms with Crippen molar-refractivity contribution in [3.05, 3.63) is 30.3 Å². The predicted molar refractivity (Wildman–Crippen MR) is 59.3 cm³/mol. The van der Waals surface area contributed by atoms with Crippen molar-refractivity contribution in [3.63, 3.8) is 0 Å². The van der Waals surface area contributed by atoms with Crippen molar-refractivity contribution in [2.75, 3.05) is 18.7 Å². The number of rotatable bonds is 6. The van der Waals surface area contributed by atoms with Crippen LogP contribution in [0, 0.1) is 0 Å². The number of carbonyl (C=O) groups is 1. The highest BCUT2D eigenvalue weighted by Gasteiger charge is 2.09. The highest BCUT2D eigenvalue weighted by Crippen LogP contribution is 2.08. The molecule has 0 aliphatic heterocycles. The van der Waals surface area contributed by atoms with Crippen LogP contribution in [0.4, 0.5) is 5.69 Å². The number of hydrogen-bond acceptors (Lipinski definition) is 3. The first-order chi connectivity index (χ1) is 7.77. The van der Waals surface area contributed by atoms with E-state index in [-0.39, 0.29) is 12.3 Å². The summed E-state index contributed by atoms with van der Waals surface area (Å²) in [6.45, 7) is 0.313. The van der Waals surface area contributed by atoms with Crippen LogP contribution >= 0.6 is 0 Å². The Balaban J connectivity index is 2.56. The molecule has 0 saturated heterocycles. The number of nitrogens with one attached hydrogen (secondary N) is 1. The summed E-state index contributed by atoms with van der Waals surface area (Å²) in [7, 11) is 1.51. The lowest BCUT2D eigenvalue weighted by atomic mass is 10.3. The molecule has 85 valence electrons. The van der Waals surface area contributed by atoms with Gasteiger partial charge in [-0.05, 0) is 12.1 Å². The summed E-state index contributed by atoms with van der Waals surface area (Å²) in [6.07, 6.45) is 1.83. The fourth-order valence-electron chi connectivity index (χ4n) is 1.09. The Labute approximate surface area is 94.0 Å². The third kappa shape index (κ3) is 3.70. The molecule has 0 aliphatic carbocycles. The number of benzene rings is 1. The van der Waals surface area contributed by atoms with E-state index in [2.05, 4.69) is 5.43 Å². The molecule has 1 aromatic carbocycles. The van der Waals surface area contributed by atoms with Crippen LogP contribution in [-0.4, -0.2) is 26.0 Å². The van der Waals surface area contributed by atoms with Gasteiger partial charge in [0.1, 0.15) is 0 Å². The second kappa shape index (κ2) is 6.58. The monoisotopic (exact) mass is 221 g/mol. The van der Waals surface area contributed by atoms with Gasteiger partial charge in [0.25, 0.3) is 0 Å². The SMILES string of the molecule is COCCC(=O)NN([C]=O)c1ccccc1. The zero-order valence-electron chi connectivity index (χ0n) is 8.97. The van der Waals surface area contributed by atoms with Crippen LogP contribution < -0.4 is 10.4 Å². The number of amides is 2. The van der Waals surface area contributed by atoms with Crippen molar-refractivity contribution in [1.29, 1.82) is 0 Å². The lowest BCUT2D eigenvalue weighted by Crippen LogP contribution is -2.41. The third-order valence-corrected chi connectivity index (χ3v) is 1.88. The van der Waals surface area contributed by atoms with Gasteiger partial charge in [-0.2, -0.15) is 0 Å². The summed E-state index contributed by atoms with van der Waals surface area (Å²) in [4.78, 5) is 22.0. The van der Waals surface area contributed by atoms with Crippen LogP contribution in [0.25, 0.3) is 0 Å². The minimum atomic E-state index is -0.297. The molecule has 0 heterocycles. The van der Waals surface area contributed by atoms with Gasteiger partial charge in [-0.15, -0.1) is 0 Å². The number of hydrazine groups is 1. The Morgan fingerprint density at radius 3 is 2.69 bits per heavy atom. The number of para-hydroxylation sites is 1. The van der Waals surface area contributed by atoms with Gasteiger partial charge in [-0.1, -0.05) is 18.2 Å². The molecule has 0 unspecified atom stereocenters. The summed E-state index contributed by atoms with van der Waals surface area (Å²) in [5, 5.41) is 1.01. The Morgan fingerprint density at radius 2 is 2.12 bits per heavy atom. The summed E-state index contributed by atoms with van der Waals surface area (Å²) < 4.78 is 4.76. The molecule has 1 rings (SSSR count). The van der Waals surface area contributed by atoms with Gasteiger partial charge in [0.15, 0.2) is 0 Å². The Morgan fingerprint density at radius 1 is 1.44 bits per heavy atom. The second-order valence-corrected chi connectivity index (χ2v) is 3.04. The zero-order valence-corrected chi connectivity index (χ0v) is 8.97. The molecule has 5 heteroatoms. The molecule has 16 heavy (non-hydrogen) atoms. The molecule has 2 amide bonds.